The average molecular weight is 358 g/mol. The zero-order valence-corrected chi connectivity index (χ0v) is 12.5. The van der Waals surface area contributed by atoms with Gasteiger partial charge in [0.2, 0.25) is 0 Å². The smallest absolute Gasteiger partial charge is 0.0933 e. The Morgan fingerprint density at radius 2 is 2.17 bits per heavy atom. The lowest BCUT2D eigenvalue weighted by atomic mass is 10.0. The Hall–Kier alpha value is -0.430. The molecule has 1 aromatic rings. The summed E-state index contributed by atoms with van der Waals surface area (Å²) >= 11 is 2.36. The number of halogens is 1. The zero-order chi connectivity index (χ0) is 12.8. The van der Waals surface area contributed by atoms with Crippen LogP contribution in [0.1, 0.15) is 18.4 Å². The standard InChI is InChI=1S/C14H19IN2O/c1-2-14-9-8-13(10-17(14)15)16-18-11-12-6-4-3-5-7-12/h2-7,13-14,16H,1,8-11H2/t13?,14-/m1/s1. The highest BCUT2D eigenvalue weighted by Gasteiger charge is 2.24. The Kier molecular flexibility index (Phi) is 5.62. The summed E-state index contributed by atoms with van der Waals surface area (Å²) in [6, 6.07) is 11.1. The summed E-state index contributed by atoms with van der Waals surface area (Å²) in [6.45, 7) is 5.47. The molecule has 0 aromatic heterocycles. The molecule has 1 unspecified atom stereocenters. The number of hydrogen-bond acceptors (Lipinski definition) is 3. The molecule has 1 N–H and O–H groups in total. The first-order valence-electron chi connectivity index (χ1n) is 6.26. The Bertz CT molecular complexity index is 371. The summed E-state index contributed by atoms with van der Waals surface area (Å²) in [5, 5.41) is 0. The normalized spacial score (nSPS) is 24.9. The summed E-state index contributed by atoms with van der Waals surface area (Å²) in [4.78, 5) is 5.57. The molecule has 18 heavy (non-hydrogen) atoms. The summed E-state index contributed by atoms with van der Waals surface area (Å²) < 4.78 is 2.29. The largest absolute Gasteiger partial charge is 0.297 e. The van der Waals surface area contributed by atoms with Crippen molar-refractivity contribution in [1.29, 1.82) is 0 Å². The molecule has 0 spiro atoms. The molecule has 1 aliphatic rings. The number of benzene rings is 1. The number of rotatable bonds is 5. The lowest BCUT2D eigenvalue weighted by molar-refractivity contribution is -0.00809. The maximum absolute atomic E-state index is 5.57. The second kappa shape index (κ2) is 7.23. The van der Waals surface area contributed by atoms with Crippen LogP contribution < -0.4 is 5.48 Å². The van der Waals surface area contributed by atoms with Crippen LogP contribution in [0.4, 0.5) is 0 Å². The van der Waals surface area contributed by atoms with Crippen molar-refractivity contribution >= 4 is 22.9 Å². The summed E-state index contributed by atoms with van der Waals surface area (Å²) in [7, 11) is 0. The minimum atomic E-state index is 0.404. The van der Waals surface area contributed by atoms with Crippen LogP contribution in [0.3, 0.4) is 0 Å². The highest BCUT2D eigenvalue weighted by atomic mass is 127. The fraction of sp³-hybridized carbons (Fsp3) is 0.429. The van der Waals surface area contributed by atoms with Crippen LogP contribution in [0, 0.1) is 0 Å². The van der Waals surface area contributed by atoms with Gasteiger partial charge in [-0.25, -0.2) is 3.11 Å². The van der Waals surface area contributed by atoms with Crippen LogP contribution in [0.2, 0.25) is 0 Å². The Morgan fingerprint density at radius 3 is 2.83 bits per heavy atom. The van der Waals surface area contributed by atoms with E-state index in [1.807, 2.05) is 24.3 Å². The Balaban J connectivity index is 1.70. The van der Waals surface area contributed by atoms with Gasteiger partial charge in [0.1, 0.15) is 0 Å². The van der Waals surface area contributed by atoms with E-state index in [0.717, 1.165) is 19.4 Å². The van der Waals surface area contributed by atoms with Gasteiger partial charge in [-0.05, 0) is 18.4 Å². The molecule has 0 amide bonds. The van der Waals surface area contributed by atoms with Crippen LogP contribution in [-0.4, -0.2) is 21.7 Å². The molecule has 2 rings (SSSR count). The number of nitrogens with zero attached hydrogens (tertiary/aromatic N) is 1. The van der Waals surface area contributed by atoms with E-state index in [9.17, 15) is 0 Å². The van der Waals surface area contributed by atoms with Crippen molar-refractivity contribution in [2.45, 2.75) is 31.5 Å². The molecule has 0 bridgehead atoms. The van der Waals surface area contributed by atoms with Gasteiger partial charge in [0.25, 0.3) is 0 Å². The van der Waals surface area contributed by atoms with Gasteiger partial charge in [0, 0.05) is 41.5 Å². The summed E-state index contributed by atoms with van der Waals surface area (Å²) in [5.41, 5.74) is 4.36. The molecule has 0 radical (unpaired) electrons. The first-order chi connectivity index (χ1) is 8.79. The first kappa shape index (κ1) is 14.0. The maximum Gasteiger partial charge on any atom is 0.0933 e. The van der Waals surface area contributed by atoms with Crippen LogP contribution in [-0.2, 0) is 11.4 Å². The molecule has 0 aliphatic carbocycles. The number of hydrogen-bond donors (Lipinski definition) is 1. The minimum absolute atomic E-state index is 0.404. The van der Waals surface area contributed by atoms with Gasteiger partial charge in [0.05, 0.1) is 6.61 Å². The van der Waals surface area contributed by atoms with Crippen molar-refractivity contribution < 1.29 is 4.84 Å². The molecule has 1 fully saturated rings. The molecule has 0 saturated carbocycles. The third kappa shape index (κ3) is 4.05. The fourth-order valence-corrected chi connectivity index (χ4v) is 3.08. The first-order valence-corrected chi connectivity index (χ1v) is 7.22. The van der Waals surface area contributed by atoms with E-state index in [1.54, 1.807) is 0 Å². The molecule has 1 heterocycles. The maximum atomic E-state index is 5.57. The van der Waals surface area contributed by atoms with Gasteiger partial charge in [-0.2, -0.15) is 5.48 Å². The van der Waals surface area contributed by atoms with E-state index in [1.165, 1.54) is 5.56 Å². The van der Waals surface area contributed by atoms with Gasteiger partial charge in [-0.1, -0.05) is 36.4 Å². The van der Waals surface area contributed by atoms with E-state index in [0.29, 0.717) is 18.7 Å². The molecule has 1 saturated heterocycles. The van der Waals surface area contributed by atoms with Crippen LogP contribution in [0.5, 0.6) is 0 Å². The molecule has 2 atom stereocenters. The minimum Gasteiger partial charge on any atom is -0.297 e. The highest BCUT2D eigenvalue weighted by Crippen LogP contribution is 2.21. The van der Waals surface area contributed by atoms with Crippen molar-refractivity contribution in [3.63, 3.8) is 0 Å². The fourth-order valence-electron chi connectivity index (χ4n) is 2.09. The Labute approximate surface area is 123 Å². The molecule has 1 aromatic carbocycles. The van der Waals surface area contributed by atoms with Gasteiger partial charge in [-0.15, -0.1) is 6.58 Å². The SMILES string of the molecule is C=C[C@@H]1CCC(NOCc2ccccc2)CN1I. The van der Waals surface area contributed by atoms with Gasteiger partial charge in [0.15, 0.2) is 0 Å². The van der Waals surface area contributed by atoms with E-state index >= 15 is 0 Å². The molecule has 4 heteroatoms. The molecule has 1 aliphatic heterocycles. The van der Waals surface area contributed by atoms with E-state index < -0.39 is 0 Å². The third-order valence-corrected chi connectivity index (χ3v) is 4.28. The zero-order valence-electron chi connectivity index (χ0n) is 10.4. The Morgan fingerprint density at radius 1 is 1.39 bits per heavy atom. The van der Waals surface area contributed by atoms with Gasteiger partial charge < -0.3 is 0 Å². The van der Waals surface area contributed by atoms with E-state index in [2.05, 4.69) is 50.2 Å². The van der Waals surface area contributed by atoms with Crippen molar-refractivity contribution in [1.82, 2.24) is 8.59 Å². The molecular formula is C14H19IN2O. The van der Waals surface area contributed by atoms with Crippen molar-refractivity contribution in [3.8, 4) is 0 Å². The third-order valence-electron chi connectivity index (χ3n) is 3.17. The number of hydroxylamine groups is 1. The number of piperidine rings is 1. The number of nitrogens with one attached hydrogen (secondary N) is 1. The van der Waals surface area contributed by atoms with Crippen LogP contribution >= 0.6 is 22.9 Å². The molecule has 98 valence electrons. The second-order valence-electron chi connectivity index (χ2n) is 4.55. The van der Waals surface area contributed by atoms with Crippen molar-refractivity contribution in [2.75, 3.05) is 6.54 Å². The van der Waals surface area contributed by atoms with E-state index in [-0.39, 0.29) is 0 Å². The molecular weight excluding hydrogens is 339 g/mol. The monoisotopic (exact) mass is 358 g/mol. The predicted octanol–water partition coefficient (Wildman–Crippen LogP) is 3.08. The van der Waals surface area contributed by atoms with Crippen LogP contribution in [0.15, 0.2) is 43.0 Å². The summed E-state index contributed by atoms with van der Waals surface area (Å²) in [6.07, 6.45) is 4.29. The highest BCUT2D eigenvalue weighted by molar-refractivity contribution is 14.1. The second-order valence-corrected chi connectivity index (χ2v) is 5.79. The van der Waals surface area contributed by atoms with Crippen LogP contribution in [0.25, 0.3) is 0 Å². The lowest BCUT2D eigenvalue weighted by Crippen LogP contribution is -2.45. The summed E-state index contributed by atoms with van der Waals surface area (Å²) in [5.74, 6) is 0. The average Bonchev–Trinajstić information content (AvgIpc) is 2.40. The van der Waals surface area contributed by atoms with Gasteiger partial charge in [-0.3, -0.25) is 4.84 Å². The van der Waals surface area contributed by atoms with Crippen molar-refractivity contribution in [3.05, 3.63) is 48.6 Å². The predicted molar refractivity (Wildman–Crippen MR) is 82.1 cm³/mol. The molecule has 3 nitrogen and oxygen atoms in total. The lowest BCUT2D eigenvalue weighted by Gasteiger charge is -2.33. The quantitative estimate of drug-likeness (QED) is 0.379. The van der Waals surface area contributed by atoms with E-state index in [4.69, 9.17) is 4.84 Å². The van der Waals surface area contributed by atoms with Gasteiger partial charge >= 0.3 is 0 Å². The van der Waals surface area contributed by atoms with Crippen molar-refractivity contribution in [2.24, 2.45) is 0 Å². The topological polar surface area (TPSA) is 24.5 Å².